The van der Waals surface area contributed by atoms with Crippen molar-refractivity contribution in [1.29, 1.82) is 0 Å². The Hall–Kier alpha value is -0.770. The molecule has 102 valence electrons. The summed E-state index contributed by atoms with van der Waals surface area (Å²) in [6.45, 7) is 3.35. The highest BCUT2D eigenvalue weighted by Crippen LogP contribution is 2.40. The van der Waals surface area contributed by atoms with E-state index in [2.05, 4.69) is 0 Å². The molecule has 2 saturated heterocycles. The summed E-state index contributed by atoms with van der Waals surface area (Å²) < 4.78 is 0. The predicted octanol–water partition coefficient (Wildman–Crippen LogP) is 1.83. The Kier molecular flexibility index (Phi) is 3.22. The second-order valence-electron chi connectivity index (χ2n) is 6.22. The van der Waals surface area contributed by atoms with Crippen LogP contribution in [-0.4, -0.2) is 52.7 Å². The zero-order valence-electron chi connectivity index (χ0n) is 11.1. The number of urea groups is 1. The van der Waals surface area contributed by atoms with Crippen molar-refractivity contribution in [2.75, 3.05) is 26.2 Å². The molecular weight excluding hydrogens is 228 g/mol. The van der Waals surface area contributed by atoms with E-state index in [0.29, 0.717) is 5.92 Å². The largest absolute Gasteiger partial charge is 0.389 e. The third-order valence-electron chi connectivity index (χ3n) is 5.07. The fraction of sp³-hybridized carbons (Fsp3) is 0.929. The molecule has 2 amide bonds. The van der Waals surface area contributed by atoms with Gasteiger partial charge in [-0.2, -0.15) is 0 Å². The highest BCUT2D eigenvalue weighted by atomic mass is 16.3. The molecule has 1 aliphatic carbocycles. The van der Waals surface area contributed by atoms with Gasteiger partial charge in [-0.05, 0) is 32.1 Å². The number of hydrogen-bond acceptors (Lipinski definition) is 2. The molecule has 2 atom stereocenters. The number of piperidine rings is 1. The maximum Gasteiger partial charge on any atom is 0.320 e. The Morgan fingerprint density at radius 3 is 2.56 bits per heavy atom. The second kappa shape index (κ2) is 4.72. The SMILES string of the molecule is O=C(N1CCCC1)N1CCC2(O)CCCCC2C1. The van der Waals surface area contributed by atoms with Gasteiger partial charge in [-0.3, -0.25) is 0 Å². The van der Waals surface area contributed by atoms with Crippen LogP contribution in [0.5, 0.6) is 0 Å². The molecule has 4 heteroatoms. The molecule has 18 heavy (non-hydrogen) atoms. The lowest BCUT2D eigenvalue weighted by Gasteiger charge is -2.47. The van der Waals surface area contributed by atoms with Crippen LogP contribution in [0.15, 0.2) is 0 Å². The van der Waals surface area contributed by atoms with Gasteiger partial charge in [0.2, 0.25) is 0 Å². The van der Waals surface area contributed by atoms with Crippen LogP contribution in [0.4, 0.5) is 4.79 Å². The van der Waals surface area contributed by atoms with Crippen molar-refractivity contribution < 1.29 is 9.90 Å². The predicted molar refractivity (Wildman–Crippen MR) is 69.3 cm³/mol. The standard InChI is InChI=1S/C14H24N2O2/c17-13(15-8-3-4-9-15)16-10-7-14(18)6-2-1-5-12(14)11-16/h12,18H,1-11H2. The zero-order valence-corrected chi connectivity index (χ0v) is 11.1. The molecule has 1 saturated carbocycles. The fourth-order valence-corrected chi connectivity index (χ4v) is 3.85. The lowest BCUT2D eigenvalue weighted by molar-refractivity contribution is -0.0886. The Morgan fingerprint density at radius 1 is 1.00 bits per heavy atom. The summed E-state index contributed by atoms with van der Waals surface area (Å²) in [6.07, 6.45) is 7.44. The number of rotatable bonds is 0. The summed E-state index contributed by atoms with van der Waals surface area (Å²) in [7, 11) is 0. The Bertz CT molecular complexity index is 328. The minimum Gasteiger partial charge on any atom is -0.389 e. The topological polar surface area (TPSA) is 43.8 Å². The molecule has 3 aliphatic rings. The normalized spacial score (nSPS) is 36.6. The third-order valence-corrected chi connectivity index (χ3v) is 5.07. The van der Waals surface area contributed by atoms with Crippen LogP contribution < -0.4 is 0 Å². The number of carbonyl (C=O) groups excluding carboxylic acids is 1. The molecule has 3 fully saturated rings. The summed E-state index contributed by atoms with van der Waals surface area (Å²) in [5.74, 6) is 0.312. The van der Waals surface area contributed by atoms with E-state index in [4.69, 9.17) is 0 Å². The van der Waals surface area contributed by atoms with Gasteiger partial charge in [0.1, 0.15) is 0 Å². The average Bonchev–Trinajstić information content (AvgIpc) is 2.90. The lowest BCUT2D eigenvalue weighted by Crippen LogP contribution is -2.56. The van der Waals surface area contributed by atoms with Crippen molar-refractivity contribution in [2.24, 2.45) is 5.92 Å². The molecule has 1 N–H and O–H groups in total. The zero-order chi connectivity index (χ0) is 12.6. The van der Waals surface area contributed by atoms with E-state index in [-0.39, 0.29) is 6.03 Å². The van der Waals surface area contributed by atoms with Gasteiger partial charge >= 0.3 is 6.03 Å². The van der Waals surface area contributed by atoms with Crippen LogP contribution >= 0.6 is 0 Å². The highest BCUT2D eigenvalue weighted by molar-refractivity contribution is 5.74. The van der Waals surface area contributed by atoms with Crippen LogP contribution in [-0.2, 0) is 0 Å². The Morgan fingerprint density at radius 2 is 1.78 bits per heavy atom. The summed E-state index contributed by atoms with van der Waals surface area (Å²) >= 11 is 0. The molecule has 3 rings (SSSR count). The van der Waals surface area contributed by atoms with Gasteiger partial charge in [0.05, 0.1) is 5.60 Å². The molecule has 2 aliphatic heterocycles. The smallest absolute Gasteiger partial charge is 0.320 e. The molecule has 0 aromatic heterocycles. The molecule has 4 nitrogen and oxygen atoms in total. The average molecular weight is 252 g/mol. The van der Waals surface area contributed by atoms with E-state index < -0.39 is 5.60 Å². The highest BCUT2D eigenvalue weighted by Gasteiger charge is 2.44. The summed E-state index contributed by atoms with van der Waals surface area (Å²) in [5, 5.41) is 10.6. The van der Waals surface area contributed by atoms with Gasteiger partial charge in [-0.15, -0.1) is 0 Å². The maximum absolute atomic E-state index is 12.3. The van der Waals surface area contributed by atoms with Gasteiger partial charge in [0.25, 0.3) is 0 Å². The van der Waals surface area contributed by atoms with E-state index in [1.165, 1.54) is 6.42 Å². The number of fused-ring (bicyclic) bond motifs is 1. The number of hydrogen-bond donors (Lipinski definition) is 1. The molecule has 2 heterocycles. The minimum absolute atomic E-state index is 0.208. The molecule has 0 bridgehead atoms. The van der Waals surface area contributed by atoms with E-state index in [1.54, 1.807) is 0 Å². The van der Waals surface area contributed by atoms with Gasteiger partial charge in [-0.1, -0.05) is 12.8 Å². The first kappa shape index (κ1) is 12.3. The quantitative estimate of drug-likeness (QED) is 0.715. The summed E-state index contributed by atoms with van der Waals surface area (Å²) in [5.41, 5.74) is -0.472. The molecule has 0 radical (unpaired) electrons. The molecular formula is C14H24N2O2. The molecule has 2 unspecified atom stereocenters. The fourth-order valence-electron chi connectivity index (χ4n) is 3.85. The second-order valence-corrected chi connectivity index (χ2v) is 6.22. The van der Waals surface area contributed by atoms with Crippen molar-refractivity contribution in [3.05, 3.63) is 0 Å². The summed E-state index contributed by atoms with van der Waals surface area (Å²) in [6, 6.07) is 0.208. The van der Waals surface area contributed by atoms with Gasteiger partial charge in [0, 0.05) is 32.1 Å². The first-order valence-electron chi connectivity index (χ1n) is 7.45. The van der Waals surface area contributed by atoms with Crippen LogP contribution in [0.1, 0.15) is 44.9 Å². The van der Waals surface area contributed by atoms with Crippen molar-refractivity contribution in [1.82, 2.24) is 9.80 Å². The third kappa shape index (κ3) is 2.11. The van der Waals surface area contributed by atoms with Gasteiger partial charge in [0.15, 0.2) is 0 Å². The molecule has 0 aromatic carbocycles. The minimum atomic E-state index is -0.472. The number of amides is 2. The van der Waals surface area contributed by atoms with Gasteiger partial charge < -0.3 is 14.9 Å². The number of aliphatic hydroxyl groups is 1. The van der Waals surface area contributed by atoms with E-state index in [0.717, 1.165) is 64.7 Å². The van der Waals surface area contributed by atoms with Crippen molar-refractivity contribution in [3.63, 3.8) is 0 Å². The summed E-state index contributed by atoms with van der Waals surface area (Å²) in [4.78, 5) is 16.3. The van der Waals surface area contributed by atoms with Crippen LogP contribution in [0.25, 0.3) is 0 Å². The molecule has 0 aromatic rings. The monoisotopic (exact) mass is 252 g/mol. The first-order valence-corrected chi connectivity index (χ1v) is 7.45. The van der Waals surface area contributed by atoms with E-state index in [1.807, 2.05) is 9.80 Å². The number of likely N-dealkylation sites (tertiary alicyclic amines) is 2. The van der Waals surface area contributed by atoms with Crippen molar-refractivity contribution >= 4 is 6.03 Å². The van der Waals surface area contributed by atoms with Crippen molar-refractivity contribution in [2.45, 2.75) is 50.5 Å². The Labute approximate surface area is 109 Å². The maximum atomic E-state index is 12.3. The number of nitrogens with zero attached hydrogens (tertiary/aromatic N) is 2. The van der Waals surface area contributed by atoms with Crippen molar-refractivity contribution in [3.8, 4) is 0 Å². The molecule has 0 spiro atoms. The Balaban J connectivity index is 1.64. The van der Waals surface area contributed by atoms with Crippen LogP contribution in [0, 0.1) is 5.92 Å². The van der Waals surface area contributed by atoms with E-state index in [9.17, 15) is 9.90 Å². The number of carbonyl (C=O) groups is 1. The van der Waals surface area contributed by atoms with Crippen LogP contribution in [0.2, 0.25) is 0 Å². The van der Waals surface area contributed by atoms with Gasteiger partial charge in [-0.25, -0.2) is 4.79 Å². The first-order chi connectivity index (χ1) is 8.69. The van der Waals surface area contributed by atoms with E-state index >= 15 is 0 Å². The van der Waals surface area contributed by atoms with Crippen LogP contribution in [0.3, 0.4) is 0 Å². The lowest BCUT2D eigenvalue weighted by atomic mass is 9.71.